The van der Waals surface area contributed by atoms with Crippen LogP contribution >= 0.6 is 47.0 Å². The number of carbonyl (C=O) groups excluding carboxylic acids is 2. The van der Waals surface area contributed by atoms with E-state index in [-0.39, 0.29) is 32.3 Å². The number of hydrogen-bond acceptors (Lipinski definition) is 12. The maximum atomic E-state index is 13.6. The summed E-state index contributed by atoms with van der Waals surface area (Å²) < 4.78 is 1.62. The topological polar surface area (TPSA) is 215 Å². The van der Waals surface area contributed by atoms with Crippen molar-refractivity contribution < 1.29 is 9.59 Å². The maximum absolute atomic E-state index is 13.6. The molecule has 2 aliphatic heterocycles. The van der Waals surface area contributed by atoms with Gasteiger partial charge in [0.05, 0.1) is 40.7 Å². The van der Waals surface area contributed by atoms with Gasteiger partial charge in [-0.15, -0.1) is 0 Å². The van der Waals surface area contributed by atoms with Crippen molar-refractivity contribution in [1.29, 1.82) is 10.5 Å². The molecule has 0 aliphatic carbocycles. The van der Waals surface area contributed by atoms with Crippen LogP contribution in [0.4, 0.5) is 9.59 Å². The number of aromatic nitrogens is 4. The van der Waals surface area contributed by atoms with Gasteiger partial charge in [-0.3, -0.25) is 9.59 Å². The Kier molecular flexibility index (Phi) is 9.27. The van der Waals surface area contributed by atoms with E-state index in [0.29, 0.717) is 50.0 Å². The highest BCUT2D eigenvalue weighted by molar-refractivity contribution is 8.33. The first kappa shape index (κ1) is 32.8. The minimum Gasteiger partial charge on any atom is -0.340 e. The molecule has 0 spiro atoms. The fourth-order valence-corrected chi connectivity index (χ4v) is 10.4. The molecule has 0 atom stereocenters. The molecule has 0 radical (unpaired) electrons. The Balaban J connectivity index is 1.82. The van der Waals surface area contributed by atoms with Crippen molar-refractivity contribution in [2.45, 2.75) is 46.3 Å². The lowest BCUT2D eigenvalue weighted by atomic mass is 10.1. The predicted molar refractivity (Wildman–Crippen MR) is 176 cm³/mol. The van der Waals surface area contributed by atoms with Crippen molar-refractivity contribution in [2.75, 3.05) is 14.1 Å². The highest BCUT2D eigenvalue weighted by atomic mass is 32.2. The molecule has 0 saturated heterocycles. The fraction of sp³-hybridized carbons (Fsp3) is 0.214. The van der Waals surface area contributed by atoms with E-state index in [0.717, 1.165) is 47.0 Å². The molecule has 0 fully saturated rings. The summed E-state index contributed by atoms with van der Waals surface area (Å²) >= 11 is 4.25. The molecule has 0 bridgehead atoms. The summed E-state index contributed by atoms with van der Waals surface area (Å²) in [5, 5.41) is 25.8. The Hall–Kier alpha value is -4.62. The highest BCUT2D eigenvalue weighted by Crippen LogP contribution is 2.62. The van der Waals surface area contributed by atoms with Crippen molar-refractivity contribution >= 4 is 79.7 Å². The van der Waals surface area contributed by atoms with Crippen molar-refractivity contribution in [3.8, 4) is 12.1 Å². The van der Waals surface area contributed by atoms with E-state index in [1.807, 2.05) is 13.8 Å². The first-order chi connectivity index (χ1) is 22.1. The van der Waals surface area contributed by atoms with E-state index < -0.39 is 34.6 Å². The molecule has 0 saturated carbocycles. The largest absolute Gasteiger partial charge is 0.340 e. The Morgan fingerprint density at radius 1 is 0.696 bits per heavy atom. The SMILES string of the molecule is CC/C=c1\[nH]c(=O)n(C(=O)NC)c(=O)c1=C1Sc2c(C#N)c3c(c(C#N)c2S1)SC(=c1c(=O)n(C(=O)NC)c(=O)[nH]/c1=C\CC)S3. The quantitative estimate of drug-likeness (QED) is 0.275. The Bertz CT molecular complexity index is 2270. The summed E-state index contributed by atoms with van der Waals surface area (Å²) in [7, 11) is 2.57. The molecule has 4 heterocycles. The molecule has 18 heteroatoms. The first-order valence-electron chi connectivity index (χ1n) is 13.5. The van der Waals surface area contributed by atoms with Crippen molar-refractivity contribution in [2.24, 2.45) is 0 Å². The lowest BCUT2D eigenvalue weighted by Gasteiger charge is -2.07. The normalized spacial score (nSPS) is 14.1. The van der Waals surface area contributed by atoms with Crippen LogP contribution in [-0.4, -0.2) is 45.3 Å². The van der Waals surface area contributed by atoms with Gasteiger partial charge >= 0.3 is 23.4 Å². The minimum absolute atomic E-state index is 0.0412. The van der Waals surface area contributed by atoms with Gasteiger partial charge in [0.25, 0.3) is 11.1 Å². The van der Waals surface area contributed by atoms with Gasteiger partial charge in [0, 0.05) is 33.7 Å². The molecule has 3 aromatic rings. The van der Waals surface area contributed by atoms with E-state index in [1.54, 1.807) is 12.2 Å². The van der Waals surface area contributed by atoms with Crippen LogP contribution in [0.2, 0.25) is 0 Å². The molecule has 14 nitrogen and oxygen atoms in total. The van der Waals surface area contributed by atoms with Crippen LogP contribution in [0.5, 0.6) is 0 Å². The van der Waals surface area contributed by atoms with Gasteiger partial charge in [0.15, 0.2) is 0 Å². The van der Waals surface area contributed by atoms with Gasteiger partial charge in [-0.2, -0.15) is 19.7 Å². The number of carbonyl (C=O) groups is 2. The van der Waals surface area contributed by atoms with Crippen LogP contribution in [0.15, 0.2) is 38.8 Å². The Morgan fingerprint density at radius 3 is 1.28 bits per heavy atom. The zero-order chi connectivity index (χ0) is 33.4. The third-order valence-electron chi connectivity index (χ3n) is 6.64. The summed E-state index contributed by atoms with van der Waals surface area (Å²) in [4.78, 5) is 84.0. The van der Waals surface area contributed by atoms with Crippen molar-refractivity contribution in [1.82, 2.24) is 29.7 Å². The second-order valence-corrected chi connectivity index (χ2v) is 13.9. The molecular formula is C28H22N8O6S4. The van der Waals surface area contributed by atoms with Gasteiger partial charge in [-0.1, -0.05) is 73.0 Å². The van der Waals surface area contributed by atoms with Crippen molar-refractivity contribution in [3.05, 3.63) is 73.9 Å². The number of fused-ring (bicyclic) bond motifs is 2. The number of nitrogens with one attached hydrogen (secondary N) is 4. The molecule has 4 N–H and O–H groups in total. The second-order valence-electron chi connectivity index (χ2n) is 9.33. The van der Waals surface area contributed by atoms with Crippen LogP contribution in [0, 0.1) is 22.7 Å². The Morgan fingerprint density at radius 2 is 1.02 bits per heavy atom. The smallest absolute Gasteiger partial charge is 0.337 e. The number of aromatic amines is 2. The van der Waals surface area contributed by atoms with E-state index in [1.165, 1.54) is 14.1 Å². The molecule has 234 valence electrons. The average Bonchev–Trinajstić information content (AvgIpc) is 3.64. The van der Waals surface area contributed by atoms with Gasteiger partial charge in [0.1, 0.15) is 12.1 Å². The third-order valence-corrected chi connectivity index (χ3v) is 11.9. The van der Waals surface area contributed by atoms with E-state index in [2.05, 4.69) is 32.7 Å². The second kappa shape index (κ2) is 13.0. The van der Waals surface area contributed by atoms with Crippen LogP contribution < -0.4 is 54.3 Å². The van der Waals surface area contributed by atoms with Gasteiger partial charge < -0.3 is 20.6 Å². The summed E-state index contributed by atoms with van der Waals surface area (Å²) in [6.45, 7) is 3.62. The van der Waals surface area contributed by atoms with Crippen LogP contribution in [-0.2, 0) is 0 Å². The summed E-state index contributed by atoms with van der Waals surface area (Å²) in [5.74, 6) is 0. The standard InChI is InChI=1S/C28H22N8O6S4/c1-5-7-13-15(21(37)35(25(39)31-3)27(41)33-13)23-43-17-11(9-29)19-20(12(10-30)18(17)44-23)46-24(45-19)16-14(8-6-2)34-28(42)36(22(16)38)26(40)32-4/h7-8H,5-6H2,1-4H3,(H,31,39)(H,32,40)(H,33,41)(H,34,42)/b13-7-,14-8-,23-15?,24-16?. The Labute approximate surface area is 275 Å². The molecule has 2 aliphatic rings. The average molecular weight is 695 g/mol. The zero-order valence-electron chi connectivity index (χ0n) is 24.4. The molecule has 2 aromatic heterocycles. The number of nitriles is 2. The predicted octanol–water partition coefficient (Wildman–Crippen LogP) is -0.187. The summed E-state index contributed by atoms with van der Waals surface area (Å²) in [6.07, 6.45) is 4.18. The van der Waals surface area contributed by atoms with Gasteiger partial charge in [-0.25, -0.2) is 19.2 Å². The zero-order valence-corrected chi connectivity index (χ0v) is 27.7. The number of thioether (sulfide) groups is 4. The van der Waals surface area contributed by atoms with E-state index in [9.17, 15) is 39.3 Å². The van der Waals surface area contributed by atoms with Crippen molar-refractivity contribution in [3.63, 3.8) is 0 Å². The third kappa shape index (κ3) is 5.22. The van der Waals surface area contributed by atoms with Crippen LogP contribution in [0.3, 0.4) is 0 Å². The van der Waals surface area contributed by atoms with Gasteiger partial charge in [0.2, 0.25) is 0 Å². The minimum atomic E-state index is -0.927. The number of hydrogen-bond donors (Lipinski definition) is 4. The molecule has 0 unspecified atom stereocenters. The lowest BCUT2D eigenvalue weighted by molar-refractivity contribution is 0.241. The molecular weight excluding hydrogens is 673 g/mol. The molecule has 46 heavy (non-hydrogen) atoms. The number of H-pyrrole nitrogens is 2. The molecule has 1 aromatic carbocycles. The number of amides is 2. The molecule has 5 rings (SSSR count). The van der Waals surface area contributed by atoms with E-state index >= 15 is 0 Å². The fourth-order valence-electron chi connectivity index (χ4n) is 4.68. The van der Waals surface area contributed by atoms with Crippen LogP contribution in [0.25, 0.3) is 20.6 Å². The highest BCUT2D eigenvalue weighted by Gasteiger charge is 2.36. The van der Waals surface area contributed by atoms with Crippen LogP contribution in [0.1, 0.15) is 37.8 Å². The van der Waals surface area contributed by atoms with Gasteiger partial charge in [-0.05, 0) is 12.8 Å². The monoisotopic (exact) mass is 694 g/mol. The van der Waals surface area contributed by atoms with E-state index in [4.69, 9.17) is 0 Å². The lowest BCUT2D eigenvalue weighted by Crippen LogP contribution is -2.57. The first-order valence-corrected chi connectivity index (χ1v) is 16.7. The number of rotatable bonds is 2. The maximum Gasteiger partial charge on any atom is 0.337 e. The molecule has 2 amide bonds. The number of benzene rings is 1. The summed E-state index contributed by atoms with van der Waals surface area (Å²) in [6, 6.07) is 2.54. The summed E-state index contributed by atoms with van der Waals surface area (Å²) in [5.41, 5.74) is -3.17. The number of nitrogens with zero attached hydrogens (tertiary/aromatic N) is 4.